The van der Waals surface area contributed by atoms with Crippen LogP contribution in [0.4, 0.5) is 42.9 Å². The van der Waals surface area contributed by atoms with E-state index in [0.29, 0.717) is 34.8 Å². The molecule has 0 fully saturated rings. The summed E-state index contributed by atoms with van der Waals surface area (Å²) in [4.78, 5) is 4.30. The molecule has 11 aromatic carbocycles. The molecule has 0 saturated carbocycles. The maximum atomic E-state index is 18.0. The third-order valence-electron chi connectivity index (χ3n) is 21.1. The van der Waals surface area contributed by atoms with Gasteiger partial charge in [0.2, 0.25) is 0 Å². The van der Waals surface area contributed by atoms with Gasteiger partial charge < -0.3 is 21.3 Å². The lowest BCUT2D eigenvalue weighted by atomic mass is 9.78. The van der Waals surface area contributed by atoms with E-state index in [2.05, 4.69) is 295 Å². The number of benzene rings is 11. The van der Waals surface area contributed by atoms with E-state index in [4.69, 9.17) is 11.5 Å². The largest absolute Gasteiger partial charge is 0.321 e. The number of nitrogens with zero attached hydrogens (tertiary/aromatic N) is 2. The van der Waals surface area contributed by atoms with Crippen molar-refractivity contribution in [2.75, 3.05) is 9.80 Å². The van der Waals surface area contributed by atoms with Crippen LogP contribution < -0.4 is 21.3 Å². The van der Waals surface area contributed by atoms with Crippen molar-refractivity contribution in [1.29, 1.82) is 0 Å². The summed E-state index contributed by atoms with van der Waals surface area (Å²) in [5, 5.41) is 0. The summed E-state index contributed by atoms with van der Waals surface area (Å²) in [6.07, 6.45) is 15.6. The van der Waals surface area contributed by atoms with Crippen molar-refractivity contribution in [2.45, 2.75) is 176 Å². The van der Waals surface area contributed by atoms with Crippen molar-refractivity contribution in [3.63, 3.8) is 0 Å². The zero-order chi connectivity index (χ0) is 71.8. The highest BCUT2D eigenvalue weighted by Crippen LogP contribution is 2.45. The molecule has 0 spiro atoms. The van der Waals surface area contributed by atoms with Crippen LogP contribution in [0.3, 0.4) is 0 Å². The highest BCUT2D eigenvalue weighted by Gasteiger charge is 2.30. The molecule has 11 aromatic rings. The van der Waals surface area contributed by atoms with Gasteiger partial charge in [-0.15, -0.1) is 5.92 Å². The first-order chi connectivity index (χ1) is 49.6. The predicted molar refractivity (Wildman–Crippen MR) is 433 cm³/mol. The fourth-order valence-electron chi connectivity index (χ4n) is 14.7. The summed E-state index contributed by atoms with van der Waals surface area (Å²) in [5.74, 6) is 5.91. The Morgan fingerprint density at radius 1 is 0.333 bits per heavy atom. The second-order valence-electron chi connectivity index (χ2n) is 28.3. The minimum atomic E-state index is -0.714. The van der Waals surface area contributed by atoms with Crippen molar-refractivity contribution in [3.8, 4) is 78.6 Å². The Hall–Kier alpha value is -9.64. The van der Waals surface area contributed by atoms with Gasteiger partial charge in [-0.25, -0.2) is 8.78 Å². The molecular weight excluding hydrogens is 1250 g/mol. The number of unbranched alkanes of at least 4 members (excludes halogenated alkanes) is 6. The van der Waals surface area contributed by atoms with E-state index in [9.17, 15) is 0 Å². The molecule has 4 N–H and O–H groups in total. The molecule has 0 bridgehead atoms. The molecule has 102 heavy (non-hydrogen) atoms. The molecule has 0 aliphatic rings. The van der Waals surface area contributed by atoms with Crippen LogP contribution in [-0.2, 0) is 36.8 Å². The van der Waals surface area contributed by atoms with Crippen LogP contribution in [0.1, 0.15) is 173 Å². The first kappa shape index (κ1) is 73.6. The highest BCUT2D eigenvalue weighted by molar-refractivity contribution is 5.86. The van der Waals surface area contributed by atoms with Crippen molar-refractivity contribution in [1.82, 2.24) is 0 Å². The second kappa shape index (κ2) is 34.4. The van der Waals surface area contributed by atoms with E-state index in [1.54, 1.807) is 12.1 Å². The molecule has 522 valence electrons. The predicted octanol–water partition coefficient (Wildman–Crippen LogP) is 26.9. The van der Waals surface area contributed by atoms with Gasteiger partial charge in [0.05, 0.1) is 0 Å². The zero-order valence-corrected chi connectivity index (χ0v) is 61.8. The Morgan fingerprint density at radius 3 is 0.931 bits per heavy atom. The van der Waals surface area contributed by atoms with Crippen molar-refractivity contribution in [2.24, 2.45) is 17.4 Å². The Balaban J connectivity index is 0.974. The number of anilines is 6. The van der Waals surface area contributed by atoms with Crippen LogP contribution in [0, 0.1) is 29.4 Å². The maximum Gasteiger partial charge on any atom is 0.133 e. The lowest BCUT2D eigenvalue weighted by molar-refractivity contribution is 0.306. The van der Waals surface area contributed by atoms with Gasteiger partial charge in [-0.1, -0.05) is 270 Å². The average molecular weight is 1350 g/mol. The van der Waals surface area contributed by atoms with Gasteiger partial charge in [0, 0.05) is 50.8 Å². The number of nitrogens with two attached hydrogens (primary N) is 2. The first-order valence-electron chi connectivity index (χ1n) is 37.8. The van der Waals surface area contributed by atoms with Crippen LogP contribution in [-0.4, -0.2) is 0 Å². The summed E-state index contributed by atoms with van der Waals surface area (Å²) in [5.41, 5.74) is 36.1. The molecule has 0 aromatic heterocycles. The monoisotopic (exact) mass is 1350 g/mol. The van der Waals surface area contributed by atoms with E-state index >= 15 is 8.78 Å². The highest BCUT2D eigenvalue weighted by atomic mass is 19.1. The fourth-order valence-corrected chi connectivity index (χ4v) is 14.7. The lowest BCUT2D eigenvalue weighted by Crippen LogP contribution is -2.41. The number of aryl methyl sites for hydroxylation is 4. The molecule has 0 radical (unpaired) electrons. The molecule has 0 heterocycles. The Labute approximate surface area is 608 Å². The smallest absolute Gasteiger partial charge is 0.133 e. The van der Waals surface area contributed by atoms with Crippen LogP contribution in [0.5, 0.6) is 0 Å². The molecule has 11 rings (SSSR count). The summed E-state index contributed by atoms with van der Waals surface area (Å²) in [6, 6.07) is 85.0. The van der Waals surface area contributed by atoms with Gasteiger partial charge in [0.25, 0.3) is 0 Å². The standard InChI is InChI=1S/C96H104F2N4/c1-10-17-19-21-25-79-65-92(90-62-60-88(67-94(90)98)102(84-53-41-76(42-54-84)72-33-29-70(24-13-4)30-34-72)86-57-45-78(46-58-86)74-37-49-82(50-38-74)96(100,16-7)68(8)9)80(26-22-20-18-11-2)64-91(79)89-61-59-87(66-93(89)97)101(83-51-39-75(40-52-83)71-31-27-69(23-12-3)28-32-71)85-55-43-77(44-56-85)73-35-47-81(48-36-73)95(99,15-6)63-14-5/h27-62,64-68H,10-13,15-26,99-100H2,1-9H3. The Kier molecular flexibility index (Phi) is 24.8. The average Bonchev–Trinajstić information content (AvgIpc) is 0.768. The van der Waals surface area contributed by atoms with Gasteiger partial charge in [-0.3, -0.25) is 0 Å². The molecule has 0 saturated heterocycles. The van der Waals surface area contributed by atoms with Crippen LogP contribution in [0.15, 0.2) is 243 Å². The van der Waals surface area contributed by atoms with Crippen LogP contribution in [0.2, 0.25) is 0 Å². The number of hydrogen-bond acceptors (Lipinski definition) is 4. The lowest BCUT2D eigenvalue weighted by Gasteiger charge is -2.33. The quantitative estimate of drug-likeness (QED) is 0.0336. The van der Waals surface area contributed by atoms with Gasteiger partial charge in [0.15, 0.2) is 0 Å². The third kappa shape index (κ3) is 16.9. The summed E-state index contributed by atoms with van der Waals surface area (Å²) in [6.45, 7) is 19.3. The minimum Gasteiger partial charge on any atom is -0.321 e. The van der Waals surface area contributed by atoms with E-state index in [1.807, 2.05) is 19.1 Å². The Morgan fingerprint density at radius 2 is 0.647 bits per heavy atom. The van der Waals surface area contributed by atoms with Gasteiger partial charge >= 0.3 is 0 Å². The van der Waals surface area contributed by atoms with Crippen LogP contribution in [0.25, 0.3) is 66.8 Å². The first-order valence-corrected chi connectivity index (χ1v) is 37.8. The van der Waals surface area contributed by atoms with E-state index < -0.39 is 11.1 Å². The maximum absolute atomic E-state index is 18.0. The third-order valence-corrected chi connectivity index (χ3v) is 21.1. The zero-order valence-electron chi connectivity index (χ0n) is 61.8. The van der Waals surface area contributed by atoms with Crippen molar-refractivity contribution < 1.29 is 8.78 Å². The normalized spacial score (nSPS) is 12.6. The minimum absolute atomic E-state index is 0.291. The molecule has 2 atom stereocenters. The van der Waals surface area contributed by atoms with E-state index in [0.717, 1.165) is 197 Å². The van der Waals surface area contributed by atoms with Gasteiger partial charge in [-0.05, 0) is 238 Å². The number of hydrogen-bond donors (Lipinski definition) is 2. The summed E-state index contributed by atoms with van der Waals surface area (Å²) < 4.78 is 36.0. The van der Waals surface area contributed by atoms with Gasteiger partial charge in [-0.2, -0.15) is 0 Å². The molecule has 0 aliphatic heterocycles. The molecule has 2 unspecified atom stereocenters. The molecule has 4 nitrogen and oxygen atoms in total. The van der Waals surface area contributed by atoms with E-state index in [-0.39, 0.29) is 11.6 Å². The topological polar surface area (TPSA) is 58.5 Å². The van der Waals surface area contributed by atoms with Crippen LogP contribution >= 0.6 is 0 Å². The SMILES string of the molecule is CC#CC(N)(CC)c1ccc(-c2ccc(N(c3ccc(-c4ccc(CCC)cc4)cc3)c3ccc(-c4cc(CCCCCC)c(-c5ccc(N(c6ccc(-c7ccc(CCC)cc7)cc6)c6ccc(-c7ccc(C(N)(CC)C(C)C)cc7)cc6)cc5F)cc4CCCCCC)c(F)c3)cc2)cc1. The number of halogens is 2. The van der Waals surface area contributed by atoms with Crippen molar-refractivity contribution >= 4 is 34.1 Å². The van der Waals surface area contributed by atoms with E-state index in [1.165, 1.54) is 11.1 Å². The fraction of sp³-hybridized carbons (Fsp3) is 0.292. The Bertz CT molecular complexity index is 4580. The molecule has 0 aliphatic carbocycles. The van der Waals surface area contributed by atoms with Gasteiger partial charge in [0.1, 0.15) is 17.2 Å². The molecular formula is C96H104F2N4. The summed E-state index contributed by atoms with van der Waals surface area (Å²) >= 11 is 0. The molecule has 6 heteroatoms. The van der Waals surface area contributed by atoms with Crippen molar-refractivity contribution in [3.05, 3.63) is 288 Å². The molecule has 0 amide bonds. The summed E-state index contributed by atoms with van der Waals surface area (Å²) in [7, 11) is 0. The second-order valence-corrected chi connectivity index (χ2v) is 28.3. The number of rotatable bonds is 31.